The average Bonchev–Trinajstić information content (AvgIpc) is 2.47. The van der Waals surface area contributed by atoms with Crippen molar-refractivity contribution in [2.24, 2.45) is 11.8 Å². The highest BCUT2D eigenvalue weighted by Gasteiger charge is 2.14. The maximum absolute atomic E-state index is 3.27. The monoisotopic (exact) mass is 278 g/mol. The van der Waals surface area contributed by atoms with E-state index in [4.69, 9.17) is 0 Å². The van der Waals surface area contributed by atoms with Crippen molar-refractivity contribution in [2.75, 3.05) is 0 Å². The number of hydrogen-bond donors (Lipinski definition) is 0. The highest BCUT2D eigenvalue weighted by atomic mass is 14.2. The molecule has 0 heteroatoms. The van der Waals surface area contributed by atoms with E-state index in [2.05, 4.69) is 39.5 Å². The Labute approximate surface area is 129 Å². The SMILES string of the molecule is CCC#CCCCCC(CCCCCCC)C(C)CC. The fourth-order valence-electron chi connectivity index (χ4n) is 2.89. The minimum atomic E-state index is 0.905. The average molecular weight is 279 g/mol. The van der Waals surface area contributed by atoms with Crippen LogP contribution in [0.15, 0.2) is 0 Å². The molecule has 0 spiro atoms. The molecule has 0 aromatic carbocycles. The molecule has 0 aromatic rings. The normalized spacial score (nSPS) is 13.6. The molecule has 0 aliphatic rings. The van der Waals surface area contributed by atoms with Gasteiger partial charge in [0.25, 0.3) is 0 Å². The van der Waals surface area contributed by atoms with Crippen LogP contribution < -0.4 is 0 Å². The number of unbranched alkanes of at least 4 members (excludes halogenated alkanes) is 6. The van der Waals surface area contributed by atoms with Crippen LogP contribution >= 0.6 is 0 Å². The third kappa shape index (κ3) is 11.4. The smallest absolute Gasteiger partial charge is 0.00886 e. The van der Waals surface area contributed by atoms with Crippen molar-refractivity contribution < 1.29 is 0 Å². The van der Waals surface area contributed by atoms with E-state index < -0.39 is 0 Å². The van der Waals surface area contributed by atoms with Crippen molar-refractivity contribution in [1.82, 2.24) is 0 Å². The third-order valence-corrected chi connectivity index (χ3v) is 4.56. The molecule has 0 radical (unpaired) electrons. The van der Waals surface area contributed by atoms with E-state index in [-0.39, 0.29) is 0 Å². The molecule has 2 atom stereocenters. The van der Waals surface area contributed by atoms with Gasteiger partial charge in [-0.15, -0.1) is 11.8 Å². The quantitative estimate of drug-likeness (QED) is 0.267. The van der Waals surface area contributed by atoms with E-state index in [1.165, 1.54) is 64.2 Å². The highest BCUT2D eigenvalue weighted by Crippen LogP contribution is 2.27. The van der Waals surface area contributed by atoms with Crippen LogP contribution in [-0.2, 0) is 0 Å². The zero-order valence-corrected chi connectivity index (χ0v) is 14.6. The summed E-state index contributed by atoms with van der Waals surface area (Å²) in [4.78, 5) is 0. The van der Waals surface area contributed by atoms with E-state index in [1.54, 1.807) is 0 Å². The Hall–Kier alpha value is -0.440. The van der Waals surface area contributed by atoms with Crippen molar-refractivity contribution in [1.29, 1.82) is 0 Å². The molecule has 0 fully saturated rings. The van der Waals surface area contributed by atoms with Crippen LogP contribution in [0.2, 0.25) is 0 Å². The lowest BCUT2D eigenvalue weighted by Gasteiger charge is -2.23. The van der Waals surface area contributed by atoms with Crippen LogP contribution in [0.5, 0.6) is 0 Å². The summed E-state index contributed by atoms with van der Waals surface area (Å²) in [5.41, 5.74) is 0. The van der Waals surface area contributed by atoms with Crippen LogP contribution in [0.4, 0.5) is 0 Å². The summed E-state index contributed by atoms with van der Waals surface area (Å²) < 4.78 is 0. The molecule has 0 N–H and O–H groups in total. The van der Waals surface area contributed by atoms with Crippen LogP contribution in [-0.4, -0.2) is 0 Å². The summed E-state index contributed by atoms with van der Waals surface area (Å²) in [6.45, 7) is 9.23. The summed E-state index contributed by atoms with van der Waals surface area (Å²) in [5, 5.41) is 0. The molecule has 0 aromatic heterocycles. The first-order chi connectivity index (χ1) is 9.76. The summed E-state index contributed by atoms with van der Waals surface area (Å²) in [6, 6.07) is 0. The van der Waals surface area contributed by atoms with Crippen molar-refractivity contribution in [2.45, 2.75) is 105 Å². The lowest BCUT2D eigenvalue weighted by atomic mass is 9.83. The van der Waals surface area contributed by atoms with E-state index in [0.717, 1.165) is 24.7 Å². The molecule has 0 amide bonds. The summed E-state index contributed by atoms with van der Waals surface area (Å²) in [5.74, 6) is 8.31. The molecule has 20 heavy (non-hydrogen) atoms. The summed E-state index contributed by atoms with van der Waals surface area (Å²) >= 11 is 0. The number of hydrogen-bond acceptors (Lipinski definition) is 0. The predicted octanol–water partition coefficient (Wildman–Crippen LogP) is 6.98. The zero-order chi connectivity index (χ0) is 15.1. The van der Waals surface area contributed by atoms with Gasteiger partial charge in [0, 0.05) is 12.8 Å². The van der Waals surface area contributed by atoms with Gasteiger partial charge in [-0.05, 0) is 18.3 Å². The van der Waals surface area contributed by atoms with Gasteiger partial charge in [0.2, 0.25) is 0 Å². The third-order valence-electron chi connectivity index (χ3n) is 4.56. The van der Waals surface area contributed by atoms with Gasteiger partial charge in [0.05, 0.1) is 0 Å². The van der Waals surface area contributed by atoms with Gasteiger partial charge in [-0.25, -0.2) is 0 Å². The molecule has 2 unspecified atom stereocenters. The maximum atomic E-state index is 3.27. The van der Waals surface area contributed by atoms with E-state index >= 15 is 0 Å². The Bertz CT molecular complexity index is 242. The molecule has 0 heterocycles. The van der Waals surface area contributed by atoms with Crippen LogP contribution in [0.25, 0.3) is 0 Å². The highest BCUT2D eigenvalue weighted by molar-refractivity contribution is 4.97. The van der Waals surface area contributed by atoms with Crippen molar-refractivity contribution in [3.05, 3.63) is 0 Å². The van der Waals surface area contributed by atoms with Gasteiger partial charge in [-0.1, -0.05) is 85.5 Å². The lowest BCUT2D eigenvalue weighted by molar-refractivity contribution is 0.290. The number of rotatable bonds is 12. The van der Waals surface area contributed by atoms with Gasteiger partial charge < -0.3 is 0 Å². The molecule has 0 aliphatic carbocycles. The topological polar surface area (TPSA) is 0 Å². The van der Waals surface area contributed by atoms with Crippen molar-refractivity contribution >= 4 is 0 Å². The Morgan fingerprint density at radius 2 is 1.40 bits per heavy atom. The standard InChI is InChI=1S/C20H38/c1-5-8-10-12-14-16-18-20(19(4)7-3)17-15-13-11-9-6-2/h19-20H,5-7,9,11-18H2,1-4H3. The zero-order valence-electron chi connectivity index (χ0n) is 14.6. The Morgan fingerprint density at radius 3 is 2.00 bits per heavy atom. The molecular formula is C20H38. The van der Waals surface area contributed by atoms with E-state index in [1.807, 2.05) is 0 Å². The molecule has 0 saturated carbocycles. The molecule has 0 rings (SSSR count). The Kier molecular flexibility index (Phi) is 14.6. The minimum Gasteiger partial charge on any atom is -0.104 e. The molecule has 0 saturated heterocycles. The van der Waals surface area contributed by atoms with Crippen LogP contribution in [0, 0.1) is 23.7 Å². The molecule has 0 aliphatic heterocycles. The molecular weight excluding hydrogens is 240 g/mol. The Morgan fingerprint density at radius 1 is 0.750 bits per heavy atom. The van der Waals surface area contributed by atoms with Gasteiger partial charge in [-0.2, -0.15) is 0 Å². The second kappa shape index (κ2) is 15.0. The first-order valence-corrected chi connectivity index (χ1v) is 9.21. The lowest BCUT2D eigenvalue weighted by Crippen LogP contribution is -2.11. The van der Waals surface area contributed by atoms with E-state index in [0.29, 0.717) is 0 Å². The van der Waals surface area contributed by atoms with Gasteiger partial charge in [-0.3, -0.25) is 0 Å². The first kappa shape index (κ1) is 19.6. The molecule has 0 nitrogen and oxygen atoms in total. The van der Waals surface area contributed by atoms with Crippen molar-refractivity contribution in [3.63, 3.8) is 0 Å². The minimum absolute atomic E-state index is 0.905. The van der Waals surface area contributed by atoms with E-state index in [9.17, 15) is 0 Å². The van der Waals surface area contributed by atoms with Gasteiger partial charge in [0.15, 0.2) is 0 Å². The molecule has 118 valence electrons. The second-order valence-electron chi connectivity index (χ2n) is 6.30. The summed E-state index contributed by atoms with van der Waals surface area (Å²) in [7, 11) is 0. The Balaban J connectivity index is 3.79. The van der Waals surface area contributed by atoms with Crippen LogP contribution in [0.1, 0.15) is 105 Å². The first-order valence-electron chi connectivity index (χ1n) is 9.21. The van der Waals surface area contributed by atoms with Gasteiger partial charge in [0.1, 0.15) is 0 Å². The predicted molar refractivity (Wildman–Crippen MR) is 92.9 cm³/mol. The van der Waals surface area contributed by atoms with Gasteiger partial charge >= 0.3 is 0 Å². The molecule has 0 bridgehead atoms. The summed E-state index contributed by atoms with van der Waals surface area (Å²) in [6.07, 6.45) is 16.1. The fraction of sp³-hybridized carbons (Fsp3) is 0.900. The van der Waals surface area contributed by atoms with Crippen LogP contribution in [0.3, 0.4) is 0 Å². The maximum Gasteiger partial charge on any atom is 0.00886 e. The fourth-order valence-corrected chi connectivity index (χ4v) is 2.89. The van der Waals surface area contributed by atoms with Crippen molar-refractivity contribution in [3.8, 4) is 11.8 Å². The second-order valence-corrected chi connectivity index (χ2v) is 6.30. The largest absolute Gasteiger partial charge is 0.104 e.